The molecule has 26 heavy (non-hydrogen) atoms. The molecule has 1 amide bonds. The second-order valence-corrected chi connectivity index (χ2v) is 7.46. The number of hydrogen-bond donors (Lipinski definition) is 2. The molecule has 0 fully saturated rings. The fraction of sp³-hybridized carbons (Fsp3) is 0.529. The average molecular weight is 386 g/mol. The van der Waals surface area contributed by atoms with Crippen LogP contribution in [0.3, 0.4) is 0 Å². The molecule has 0 saturated heterocycles. The van der Waals surface area contributed by atoms with Crippen molar-refractivity contribution in [2.75, 3.05) is 37.4 Å². The van der Waals surface area contributed by atoms with Crippen LogP contribution in [0.25, 0.3) is 0 Å². The van der Waals surface area contributed by atoms with Crippen molar-refractivity contribution in [3.63, 3.8) is 0 Å². The molecule has 0 aromatic heterocycles. The van der Waals surface area contributed by atoms with Gasteiger partial charge in [-0.3, -0.25) is 13.8 Å². The zero-order valence-electron chi connectivity index (χ0n) is 15.1. The number of aliphatic carboxylic acids is 1. The van der Waals surface area contributed by atoms with Gasteiger partial charge in [-0.15, -0.1) is 0 Å². The minimum atomic E-state index is -3.47. The monoisotopic (exact) mass is 386 g/mol. The summed E-state index contributed by atoms with van der Waals surface area (Å²) in [5.41, 5.74) is 1.35. The van der Waals surface area contributed by atoms with Crippen molar-refractivity contribution in [1.29, 1.82) is 0 Å². The number of carboxylic acids is 1. The zero-order chi connectivity index (χ0) is 19.6. The molecule has 0 bridgehead atoms. The summed E-state index contributed by atoms with van der Waals surface area (Å²) in [5.74, 6) is -1.15. The highest BCUT2D eigenvalue weighted by Crippen LogP contribution is 2.16. The van der Waals surface area contributed by atoms with Crippen LogP contribution in [0.15, 0.2) is 24.3 Å². The highest BCUT2D eigenvalue weighted by atomic mass is 32.2. The topological polar surface area (TPSA) is 113 Å². The van der Waals surface area contributed by atoms with Gasteiger partial charge in [0.2, 0.25) is 0 Å². The van der Waals surface area contributed by atoms with Gasteiger partial charge in [-0.1, -0.05) is 6.92 Å². The molecular weight excluding hydrogens is 360 g/mol. The van der Waals surface area contributed by atoms with Crippen LogP contribution in [0.5, 0.6) is 0 Å². The van der Waals surface area contributed by atoms with Gasteiger partial charge in [0.25, 0.3) is 16.0 Å². The van der Waals surface area contributed by atoms with E-state index >= 15 is 0 Å². The standard InChI is InChI=1S/C17H26N2O6S/c1-3-11-19(12-13-25-26(2,23)24)15-8-6-14(7-9-15)17(22)18-10-4-5-16(20)21/h6-9H,3-5,10-13H2,1-2H3,(H,18,22)(H,20,21). The number of carbonyl (C=O) groups is 2. The van der Waals surface area contributed by atoms with E-state index in [0.717, 1.165) is 24.9 Å². The second kappa shape index (κ2) is 10.8. The summed E-state index contributed by atoms with van der Waals surface area (Å²) in [5, 5.41) is 11.2. The summed E-state index contributed by atoms with van der Waals surface area (Å²) in [6, 6.07) is 6.95. The van der Waals surface area contributed by atoms with E-state index in [4.69, 9.17) is 9.29 Å². The lowest BCUT2D eigenvalue weighted by atomic mass is 10.1. The SMILES string of the molecule is CCCN(CCOS(C)(=O)=O)c1ccc(C(=O)NCCCC(=O)O)cc1. The molecule has 0 spiro atoms. The third-order valence-electron chi connectivity index (χ3n) is 3.50. The Hall–Kier alpha value is -2.13. The molecule has 1 aromatic carbocycles. The number of benzene rings is 1. The minimum Gasteiger partial charge on any atom is -0.481 e. The fourth-order valence-corrected chi connectivity index (χ4v) is 2.68. The number of nitrogens with one attached hydrogen (secondary N) is 1. The Kier molecular flexibility index (Phi) is 9.08. The highest BCUT2D eigenvalue weighted by Gasteiger charge is 2.10. The molecular formula is C17H26N2O6S. The maximum Gasteiger partial charge on any atom is 0.303 e. The molecule has 0 saturated carbocycles. The highest BCUT2D eigenvalue weighted by molar-refractivity contribution is 7.85. The van der Waals surface area contributed by atoms with Gasteiger partial charge in [0.1, 0.15) is 0 Å². The first kappa shape index (κ1) is 21.9. The average Bonchev–Trinajstić information content (AvgIpc) is 2.57. The molecule has 1 rings (SSSR count). The predicted molar refractivity (Wildman–Crippen MR) is 98.9 cm³/mol. The first-order valence-electron chi connectivity index (χ1n) is 8.42. The van der Waals surface area contributed by atoms with Crippen molar-refractivity contribution < 1.29 is 27.3 Å². The Bertz CT molecular complexity index is 688. The number of carbonyl (C=O) groups excluding carboxylic acids is 1. The van der Waals surface area contributed by atoms with E-state index in [1.165, 1.54) is 0 Å². The van der Waals surface area contributed by atoms with Gasteiger partial charge in [0.15, 0.2) is 0 Å². The lowest BCUT2D eigenvalue weighted by Crippen LogP contribution is -2.29. The van der Waals surface area contributed by atoms with Crippen molar-refractivity contribution >= 4 is 27.7 Å². The van der Waals surface area contributed by atoms with Gasteiger partial charge in [-0.2, -0.15) is 8.42 Å². The van der Waals surface area contributed by atoms with Gasteiger partial charge in [0, 0.05) is 37.3 Å². The Morgan fingerprint density at radius 1 is 1.19 bits per heavy atom. The third kappa shape index (κ3) is 8.82. The molecule has 0 heterocycles. The molecule has 0 unspecified atom stereocenters. The zero-order valence-corrected chi connectivity index (χ0v) is 15.9. The van der Waals surface area contributed by atoms with Gasteiger partial charge in [-0.05, 0) is 37.1 Å². The van der Waals surface area contributed by atoms with Crippen molar-refractivity contribution in [1.82, 2.24) is 5.32 Å². The molecule has 8 nitrogen and oxygen atoms in total. The van der Waals surface area contributed by atoms with Gasteiger partial charge >= 0.3 is 5.97 Å². The van der Waals surface area contributed by atoms with Crippen LogP contribution in [0, 0.1) is 0 Å². The van der Waals surface area contributed by atoms with E-state index in [1.54, 1.807) is 24.3 Å². The van der Waals surface area contributed by atoms with Gasteiger partial charge in [0.05, 0.1) is 12.9 Å². The molecule has 9 heteroatoms. The Balaban J connectivity index is 2.60. The first-order valence-corrected chi connectivity index (χ1v) is 10.2. The van der Waals surface area contributed by atoms with E-state index in [9.17, 15) is 18.0 Å². The smallest absolute Gasteiger partial charge is 0.303 e. The predicted octanol–water partition coefficient (Wildman–Crippen LogP) is 1.47. The molecule has 0 aliphatic rings. The van der Waals surface area contributed by atoms with Crippen molar-refractivity contribution in [2.45, 2.75) is 26.2 Å². The van der Waals surface area contributed by atoms with E-state index in [1.807, 2.05) is 11.8 Å². The van der Waals surface area contributed by atoms with Gasteiger partial charge < -0.3 is 15.3 Å². The lowest BCUT2D eigenvalue weighted by molar-refractivity contribution is -0.137. The van der Waals surface area contributed by atoms with Crippen LogP contribution in [0.4, 0.5) is 5.69 Å². The van der Waals surface area contributed by atoms with Crippen LogP contribution < -0.4 is 10.2 Å². The fourth-order valence-electron chi connectivity index (χ4n) is 2.31. The van der Waals surface area contributed by atoms with Crippen molar-refractivity contribution in [2.24, 2.45) is 0 Å². The summed E-state index contributed by atoms with van der Waals surface area (Å²) < 4.78 is 26.9. The Morgan fingerprint density at radius 2 is 1.85 bits per heavy atom. The first-order chi connectivity index (χ1) is 12.2. The third-order valence-corrected chi connectivity index (χ3v) is 4.09. The van der Waals surface area contributed by atoms with Gasteiger partial charge in [-0.25, -0.2) is 0 Å². The summed E-state index contributed by atoms with van der Waals surface area (Å²) >= 11 is 0. The summed E-state index contributed by atoms with van der Waals surface area (Å²) in [4.78, 5) is 24.4. The summed E-state index contributed by atoms with van der Waals surface area (Å²) in [6.07, 6.45) is 2.29. The second-order valence-electron chi connectivity index (χ2n) is 5.81. The Labute approximate surface area is 154 Å². The lowest BCUT2D eigenvalue weighted by Gasteiger charge is -2.24. The van der Waals surface area contributed by atoms with Crippen molar-refractivity contribution in [3.8, 4) is 0 Å². The van der Waals surface area contributed by atoms with E-state index in [2.05, 4.69) is 5.32 Å². The van der Waals surface area contributed by atoms with E-state index in [-0.39, 0.29) is 18.9 Å². The van der Waals surface area contributed by atoms with Crippen LogP contribution in [-0.4, -0.2) is 57.9 Å². The number of carboxylic acid groups (broad SMARTS) is 1. The number of hydrogen-bond acceptors (Lipinski definition) is 6. The normalized spacial score (nSPS) is 11.2. The molecule has 1 aromatic rings. The number of amides is 1. The van der Waals surface area contributed by atoms with Crippen molar-refractivity contribution in [3.05, 3.63) is 29.8 Å². The van der Waals surface area contributed by atoms with Crippen LogP contribution in [0.1, 0.15) is 36.5 Å². The van der Waals surface area contributed by atoms with E-state index < -0.39 is 16.1 Å². The quantitative estimate of drug-likeness (QED) is 0.413. The summed E-state index contributed by atoms with van der Waals surface area (Å²) in [6.45, 7) is 3.53. The maximum atomic E-state index is 12.0. The Morgan fingerprint density at radius 3 is 2.38 bits per heavy atom. The molecule has 146 valence electrons. The minimum absolute atomic E-state index is 0.0146. The largest absolute Gasteiger partial charge is 0.481 e. The number of rotatable bonds is 12. The number of nitrogens with zero attached hydrogens (tertiary/aromatic N) is 1. The van der Waals surface area contributed by atoms with Crippen LogP contribution >= 0.6 is 0 Å². The molecule has 0 aliphatic heterocycles. The summed E-state index contributed by atoms with van der Waals surface area (Å²) in [7, 11) is -3.47. The van der Waals surface area contributed by atoms with Crippen LogP contribution in [0.2, 0.25) is 0 Å². The maximum absolute atomic E-state index is 12.0. The molecule has 2 N–H and O–H groups in total. The molecule has 0 aliphatic carbocycles. The van der Waals surface area contributed by atoms with Crippen LogP contribution in [-0.2, 0) is 19.1 Å². The molecule has 0 atom stereocenters. The van der Waals surface area contributed by atoms with E-state index in [0.29, 0.717) is 25.1 Å². The molecule has 0 radical (unpaired) electrons. The number of anilines is 1.